The Balaban J connectivity index is 1.99. The molecule has 0 atom stereocenters. The summed E-state index contributed by atoms with van der Waals surface area (Å²) in [5.74, 6) is -0.493. The van der Waals surface area contributed by atoms with Crippen LogP contribution in [0.1, 0.15) is 11.1 Å². The number of anilines is 2. The minimum atomic E-state index is -4.01. The number of sulfonamides is 1. The van der Waals surface area contributed by atoms with Crippen LogP contribution in [0, 0.1) is 13.8 Å². The number of carbonyl (C=O) groups is 1. The topological polar surface area (TPSA) is 66.5 Å². The molecular formula is C22H20Cl2N2O3S. The van der Waals surface area contributed by atoms with Gasteiger partial charge in [-0.15, -0.1) is 0 Å². The zero-order valence-electron chi connectivity index (χ0n) is 16.4. The lowest BCUT2D eigenvalue weighted by Crippen LogP contribution is -2.38. The van der Waals surface area contributed by atoms with E-state index in [-0.39, 0.29) is 4.90 Å². The molecule has 0 saturated heterocycles. The Bertz CT molecular complexity index is 1160. The van der Waals surface area contributed by atoms with E-state index in [1.165, 1.54) is 12.1 Å². The van der Waals surface area contributed by atoms with Crippen LogP contribution in [0.4, 0.5) is 11.4 Å². The number of benzene rings is 3. The van der Waals surface area contributed by atoms with Crippen molar-refractivity contribution in [3.05, 3.63) is 87.9 Å². The zero-order valence-corrected chi connectivity index (χ0v) is 18.7. The number of carbonyl (C=O) groups excluding carboxylic acids is 1. The Morgan fingerprint density at radius 3 is 2.20 bits per heavy atom. The van der Waals surface area contributed by atoms with Gasteiger partial charge in [-0.05, 0) is 67.9 Å². The van der Waals surface area contributed by atoms with Crippen LogP contribution in [-0.4, -0.2) is 20.9 Å². The van der Waals surface area contributed by atoms with Gasteiger partial charge in [0.1, 0.15) is 6.54 Å². The second kappa shape index (κ2) is 9.08. The molecule has 0 bridgehead atoms. The Morgan fingerprint density at radius 2 is 1.57 bits per heavy atom. The summed E-state index contributed by atoms with van der Waals surface area (Å²) in [5.41, 5.74) is 2.35. The summed E-state index contributed by atoms with van der Waals surface area (Å²) in [7, 11) is -4.01. The molecule has 3 aromatic rings. The molecule has 1 amide bonds. The maximum absolute atomic E-state index is 13.4. The smallest absolute Gasteiger partial charge is 0.264 e. The van der Waals surface area contributed by atoms with E-state index >= 15 is 0 Å². The monoisotopic (exact) mass is 462 g/mol. The molecule has 0 unspecified atom stereocenters. The molecule has 0 spiro atoms. The molecule has 3 rings (SSSR count). The molecular weight excluding hydrogens is 443 g/mol. The van der Waals surface area contributed by atoms with Gasteiger partial charge in [0.2, 0.25) is 5.91 Å². The molecule has 0 aromatic heterocycles. The highest BCUT2D eigenvalue weighted by Crippen LogP contribution is 2.31. The molecule has 3 aromatic carbocycles. The minimum Gasteiger partial charge on any atom is -0.325 e. The lowest BCUT2D eigenvalue weighted by atomic mass is 10.2. The van der Waals surface area contributed by atoms with Crippen molar-refractivity contribution in [3.63, 3.8) is 0 Å². The summed E-state index contributed by atoms with van der Waals surface area (Å²) in [6.07, 6.45) is 0. The minimum absolute atomic E-state index is 0.0896. The second-order valence-corrected chi connectivity index (χ2v) is 9.47. The van der Waals surface area contributed by atoms with E-state index in [4.69, 9.17) is 23.2 Å². The third kappa shape index (κ3) is 4.95. The Morgan fingerprint density at radius 1 is 0.933 bits per heavy atom. The summed E-state index contributed by atoms with van der Waals surface area (Å²) in [6.45, 7) is 3.17. The summed E-state index contributed by atoms with van der Waals surface area (Å²) in [6, 6.07) is 18.0. The van der Waals surface area contributed by atoms with Crippen LogP contribution in [0.15, 0.2) is 71.6 Å². The van der Waals surface area contributed by atoms with Crippen LogP contribution in [0.3, 0.4) is 0 Å². The van der Waals surface area contributed by atoms with Crippen LogP contribution >= 0.6 is 23.2 Å². The van der Waals surface area contributed by atoms with Gasteiger partial charge in [0.25, 0.3) is 10.0 Å². The van der Waals surface area contributed by atoms with Gasteiger partial charge in [0, 0.05) is 15.7 Å². The van der Waals surface area contributed by atoms with Crippen LogP contribution in [0.2, 0.25) is 10.0 Å². The maximum Gasteiger partial charge on any atom is 0.264 e. The zero-order chi connectivity index (χ0) is 21.9. The van der Waals surface area contributed by atoms with Gasteiger partial charge in [-0.2, -0.15) is 0 Å². The first-order valence-corrected chi connectivity index (χ1v) is 11.3. The molecule has 8 heteroatoms. The van der Waals surface area contributed by atoms with Crippen LogP contribution in [0.25, 0.3) is 0 Å². The average Bonchev–Trinajstić information content (AvgIpc) is 2.70. The Kier molecular flexibility index (Phi) is 6.71. The summed E-state index contributed by atoms with van der Waals surface area (Å²) in [4.78, 5) is 12.8. The van der Waals surface area contributed by atoms with Crippen molar-refractivity contribution in [2.45, 2.75) is 18.7 Å². The van der Waals surface area contributed by atoms with E-state index in [1.807, 2.05) is 6.92 Å². The Hall–Kier alpha value is -2.54. The van der Waals surface area contributed by atoms with E-state index in [0.717, 1.165) is 9.87 Å². The third-order valence-corrected chi connectivity index (χ3v) is 6.97. The first-order valence-electron chi connectivity index (χ1n) is 9.08. The number of hydrogen-bond donors (Lipinski definition) is 1. The van der Waals surface area contributed by atoms with E-state index < -0.39 is 22.5 Å². The lowest BCUT2D eigenvalue weighted by molar-refractivity contribution is -0.114. The highest BCUT2D eigenvalue weighted by Gasteiger charge is 2.28. The highest BCUT2D eigenvalue weighted by atomic mass is 35.5. The average molecular weight is 463 g/mol. The number of amides is 1. The number of rotatable bonds is 6. The van der Waals surface area contributed by atoms with Crippen molar-refractivity contribution in [3.8, 4) is 0 Å². The molecule has 0 radical (unpaired) electrons. The predicted octanol–water partition coefficient (Wildman–Crippen LogP) is 5.44. The van der Waals surface area contributed by atoms with Gasteiger partial charge >= 0.3 is 0 Å². The van der Waals surface area contributed by atoms with E-state index in [2.05, 4.69) is 5.32 Å². The van der Waals surface area contributed by atoms with E-state index in [0.29, 0.717) is 27.0 Å². The molecule has 30 heavy (non-hydrogen) atoms. The van der Waals surface area contributed by atoms with Crippen molar-refractivity contribution >= 4 is 50.5 Å². The van der Waals surface area contributed by atoms with Gasteiger partial charge in [-0.25, -0.2) is 8.42 Å². The number of nitrogens with one attached hydrogen (secondary N) is 1. The van der Waals surface area contributed by atoms with Crippen molar-refractivity contribution < 1.29 is 13.2 Å². The normalized spacial score (nSPS) is 11.2. The Labute approximate surface area is 186 Å². The van der Waals surface area contributed by atoms with Crippen molar-refractivity contribution in [2.24, 2.45) is 0 Å². The van der Waals surface area contributed by atoms with Gasteiger partial charge in [-0.1, -0.05) is 47.0 Å². The quantitative estimate of drug-likeness (QED) is 0.529. The molecule has 0 aliphatic rings. The maximum atomic E-state index is 13.4. The summed E-state index contributed by atoms with van der Waals surface area (Å²) >= 11 is 12.1. The SMILES string of the molecule is Cc1ccc(S(=O)(=O)N(CC(=O)Nc2ccc(Cl)cc2)c2cccc(Cl)c2C)cc1. The molecule has 0 aliphatic carbocycles. The molecule has 0 saturated carbocycles. The number of nitrogens with zero attached hydrogens (tertiary/aromatic N) is 1. The fourth-order valence-electron chi connectivity index (χ4n) is 2.87. The first-order chi connectivity index (χ1) is 14.2. The van der Waals surface area contributed by atoms with Gasteiger partial charge in [0.05, 0.1) is 10.6 Å². The molecule has 0 aliphatic heterocycles. The van der Waals surface area contributed by atoms with Crippen LogP contribution in [-0.2, 0) is 14.8 Å². The summed E-state index contributed by atoms with van der Waals surface area (Å²) in [5, 5.41) is 3.64. The van der Waals surface area contributed by atoms with Gasteiger partial charge < -0.3 is 5.32 Å². The number of hydrogen-bond acceptors (Lipinski definition) is 3. The number of halogens is 2. The number of aryl methyl sites for hydroxylation is 1. The molecule has 5 nitrogen and oxygen atoms in total. The second-order valence-electron chi connectivity index (χ2n) is 6.76. The molecule has 0 fully saturated rings. The van der Waals surface area contributed by atoms with Crippen molar-refractivity contribution in [1.29, 1.82) is 0 Å². The third-order valence-electron chi connectivity index (χ3n) is 4.53. The van der Waals surface area contributed by atoms with Crippen molar-refractivity contribution in [1.82, 2.24) is 0 Å². The van der Waals surface area contributed by atoms with Crippen molar-refractivity contribution in [2.75, 3.05) is 16.2 Å². The standard InChI is InChI=1S/C22H20Cl2N2O3S/c1-15-6-12-19(13-7-15)30(28,29)26(21-5-3-4-20(24)16(21)2)14-22(27)25-18-10-8-17(23)9-11-18/h3-13H,14H2,1-2H3,(H,25,27). The fraction of sp³-hybridized carbons (Fsp3) is 0.136. The van der Waals surface area contributed by atoms with E-state index in [9.17, 15) is 13.2 Å². The van der Waals surface area contributed by atoms with Crippen LogP contribution < -0.4 is 9.62 Å². The first kappa shape index (κ1) is 22.2. The molecule has 1 N–H and O–H groups in total. The summed E-state index contributed by atoms with van der Waals surface area (Å²) < 4.78 is 27.9. The highest BCUT2D eigenvalue weighted by molar-refractivity contribution is 7.92. The van der Waals surface area contributed by atoms with E-state index in [1.54, 1.807) is 61.5 Å². The predicted molar refractivity (Wildman–Crippen MR) is 122 cm³/mol. The fourth-order valence-corrected chi connectivity index (χ4v) is 4.64. The molecule has 156 valence electrons. The van der Waals surface area contributed by atoms with Gasteiger partial charge in [-0.3, -0.25) is 9.10 Å². The molecule has 0 heterocycles. The lowest BCUT2D eigenvalue weighted by Gasteiger charge is -2.26. The largest absolute Gasteiger partial charge is 0.325 e. The van der Waals surface area contributed by atoms with Crippen LogP contribution in [0.5, 0.6) is 0 Å². The van der Waals surface area contributed by atoms with Gasteiger partial charge in [0.15, 0.2) is 0 Å².